The average molecular weight is 260 g/mol. The summed E-state index contributed by atoms with van der Waals surface area (Å²) in [6.45, 7) is 10.1. The molecule has 0 saturated carbocycles. The molecule has 2 rings (SSSR count). The predicted octanol–water partition coefficient (Wildman–Crippen LogP) is 3.05. The van der Waals surface area contributed by atoms with Crippen LogP contribution in [0.3, 0.4) is 0 Å². The minimum absolute atomic E-state index is 0.342. The van der Waals surface area contributed by atoms with Crippen LogP contribution < -0.4 is 5.73 Å². The maximum atomic E-state index is 6.16. The number of hydrogen-bond acceptors (Lipinski definition) is 2. The molecule has 1 fully saturated rings. The third kappa shape index (κ3) is 4.32. The molecule has 2 heteroatoms. The number of benzene rings is 1. The van der Waals surface area contributed by atoms with E-state index in [1.165, 1.54) is 30.5 Å². The summed E-state index contributed by atoms with van der Waals surface area (Å²) < 4.78 is 0. The lowest BCUT2D eigenvalue weighted by Gasteiger charge is -2.35. The highest BCUT2D eigenvalue weighted by Gasteiger charge is 2.22. The highest BCUT2D eigenvalue weighted by atomic mass is 15.1. The summed E-state index contributed by atoms with van der Waals surface area (Å²) in [5, 5.41) is 0. The van der Waals surface area contributed by atoms with Crippen LogP contribution >= 0.6 is 0 Å². The van der Waals surface area contributed by atoms with Crippen LogP contribution in [0.15, 0.2) is 24.3 Å². The molecule has 1 aliphatic rings. The molecule has 19 heavy (non-hydrogen) atoms. The molecule has 1 aromatic carbocycles. The normalized spacial score (nSPS) is 24.9. The molecule has 0 aliphatic carbocycles. The fraction of sp³-hybridized carbons (Fsp3) is 0.647. The summed E-state index contributed by atoms with van der Waals surface area (Å²) in [5.41, 5.74) is 9.02. The molecule has 1 saturated heterocycles. The van der Waals surface area contributed by atoms with Crippen molar-refractivity contribution < 1.29 is 0 Å². The summed E-state index contributed by atoms with van der Waals surface area (Å²) in [6.07, 6.45) is 2.40. The zero-order chi connectivity index (χ0) is 13.8. The Morgan fingerprint density at radius 2 is 1.84 bits per heavy atom. The van der Waals surface area contributed by atoms with Gasteiger partial charge in [0.2, 0.25) is 0 Å². The van der Waals surface area contributed by atoms with Crippen molar-refractivity contribution in [3.05, 3.63) is 35.4 Å². The highest BCUT2D eigenvalue weighted by Crippen LogP contribution is 2.18. The minimum Gasteiger partial charge on any atom is -0.326 e. The Morgan fingerprint density at radius 1 is 1.21 bits per heavy atom. The highest BCUT2D eigenvalue weighted by molar-refractivity contribution is 5.22. The van der Waals surface area contributed by atoms with Crippen LogP contribution in [0, 0.1) is 11.8 Å². The number of rotatable bonds is 4. The fourth-order valence-corrected chi connectivity index (χ4v) is 2.82. The zero-order valence-electron chi connectivity index (χ0n) is 12.6. The van der Waals surface area contributed by atoms with Gasteiger partial charge in [0.1, 0.15) is 0 Å². The first-order chi connectivity index (χ1) is 9.04. The average Bonchev–Trinajstić information content (AvgIpc) is 2.36. The largest absolute Gasteiger partial charge is 0.326 e. The molecule has 2 nitrogen and oxygen atoms in total. The molecule has 1 aliphatic heterocycles. The first-order valence-corrected chi connectivity index (χ1v) is 7.60. The third-order valence-electron chi connectivity index (χ3n) is 4.17. The summed E-state index contributed by atoms with van der Waals surface area (Å²) in [4.78, 5) is 2.49. The Bertz CT molecular complexity index is 383. The van der Waals surface area contributed by atoms with Gasteiger partial charge in [0.25, 0.3) is 0 Å². The molecule has 2 unspecified atom stereocenters. The molecule has 0 radical (unpaired) electrons. The van der Waals surface area contributed by atoms with Gasteiger partial charge >= 0.3 is 0 Å². The molecule has 0 spiro atoms. The van der Waals surface area contributed by atoms with Gasteiger partial charge in [-0.3, -0.25) is 4.90 Å². The maximum Gasteiger partial charge on any atom is 0.0234 e. The molecule has 1 aromatic rings. The van der Waals surface area contributed by atoms with Crippen LogP contribution in [-0.2, 0) is 13.0 Å². The number of hydrogen-bond donors (Lipinski definition) is 1. The van der Waals surface area contributed by atoms with Crippen LogP contribution in [0.2, 0.25) is 0 Å². The minimum atomic E-state index is 0.342. The quantitative estimate of drug-likeness (QED) is 0.901. The first kappa shape index (κ1) is 14.5. The van der Waals surface area contributed by atoms with E-state index in [9.17, 15) is 0 Å². The van der Waals surface area contributed by atoms with Crippen molar-refractivity contribution in [2.24, 2.45) is 17.6 Å². The third-order valence-corrected chi connectivity index (χ3v) is 4.17. The molecule has 2 atom stereocenters. The second kappa shape index (κ2) is 6.53. The SMILES string of the molecule is CC(C)Cc1ccc(CN2CCC(C)C(N)C2)cc1. The van der Waals surface area contributed by atoms with Crippen molar-refractivity contribution in [1.82, 2.24) is 4.90 Å². The summed E-state index contributed by atoms with van der Waals surface area (Å²) in [7, 11) is 0. The Kier molecular flexibility index (Phi) is 5.00. The second-order valence-corrected chi connectivity index (χ2v) is 6.58. The predicted molar refractivity (Wildman–Crippen MR) is 82.0 cm³/mol. The lowest BCUT2D eigenvalue weighted by atomic mass is 9.94. The lowest BCUT2D eigenvalue weighted by Crippen LogP contribution is -2.47. The van der Waals surface area contributed by atoms with Gasteiger partial charge in [-0.05, 0) is 42.3 Å². The summed E-state index contributed by atoms with van der Waals surface area (Å²) >= 11 is 0. The van der Waals surface area contributed by atoms with Gasteiger partial charge in [0, 0.05) is 19.1 Å². The van der Waals surface area contributed by atoms with Crippen LogP contribution in [-0.4, -0.2) is 24.0 Å². The van der Waals surface area contributed by atoms with Gasteiger partial charge in [0.05, 0.1) is 0 Å². The van der Waals surface area contributed by atoms with E-state index in [1.807, 2.05) is 0 Å². The molecule has 2 N–H and O–H groups in total. The van der Waals surface area contributed by atoms with Crippen molar-refractivity contribution in [3.63, 3.8) is 0 Å². The fourth-order valence-electron chi connectivity index (χ4n) is 2.82. The van der Waals surface area contributed by atoms with Crippen LogP contribution in [0.5, 0.6) is 0 Å². The van der Waals surface area contributed by atoms with Crippen molar-refractivity contribution in [3.8, 4) is 0 Å². The Hall–Kier alpha value is -0.860. The van der Waals surface area contributed by atoms with Gasteiger partial charge in [-0.2, -0.15) is 0 Å². The number of likely N-dealkylation sites (tertiary alicyclic amines) is 1. The lowest BCUT2D eigenvalue weighted by molar-refractivity contribution is 0.162. The Morgan fingerprint density at radius 3 is 2.42 bits per heavy atom. The van der Waals surface area contributed by atoms with E-state index in [2.05, 4.69) is 49.9 Å². The van der Waals surface area contributed by atoms with Crippen molar-refractivity contribution in [2.45, 2.75) is 46.2 Å². The van der Waals surface area contributed by atoms with Gasteiger partial charge in [-0.25, -0.2) is 0 Å². The molecule has 106 valence electrons. The first-order valence-electron chi connectivity index (χ1n) is 7.60. The molecule has 0 aromatic heterocycles. The van der Waals surface area contributed by atoms with Crippen LogP contribution in [0.4, 0.5) is 0 Å². The molecular weight excluding hydrogens is 232 g/mol. The molecule has 1 heterocycles. The molecular formula is C17H28N2. The molecule has 0 amide bonds. The Balaban J connectivity index is 1.89. The van der Waals surface area contributed by atoms with Gasteiger partial charge < -0.3 is 5.73 Å². The van der Waals surface area contributed by atoms with E-state index in [-0.39, 0.29) is 0 Å². The Labute approximate surface area is 118 Å². The van der Waals surface area contributed by atoms with Crippen molar-refractivity contribution in [2.75, 3.05) is 13.1 Å². The number of piperidine rings is 1. The zero-order valence-corrected chi connectivity index (χ0v) is 12.6. The van der Waals surface area contributed by atoms with E-state index < -0.39 is 0 Å². The van der Waals surface area contributed by atoms with Gasteiger partial charge in [-0.1, -0.05) is 45.0 Å². The van der Waals surface area contributed by atoms with Crippen molar-refractivity contribution >= 4 is 0 Å². The standard InChI is InChI=1S/C17H28N2/c1-13(2)10-15-4-6-16(7-5-15)11-19-9-8-14(3)17(18)12-19/h4-7,13-14,17H,8-12,18H2,1-3H3. The number of nitrogens with zero attached hydrogens (tertiary/aromatic N) is 1. The van der Waals surface area contributed by atoms with Crippen LogP contribution in [0.1, 0.15) is 38.3 Å². The van der Waals surface area contributed by atoms with E-state index in [1.54, 1.807) is 0 Å². The van der Waals surface area contributed by atoms with E-state index in [4.69, 9.17) is 5.73 Å². The molecule has 0 bridgehead atoms. The number of nitrogens with two attached hydrogens (primary N) is 1. The van der Waals surface area contributed by atoms with Gasteiger partial charge in [-0.15, -0.1) is 0 Å². The van der Waals surface area contributed by atoms with E-state index in [0.717, 1.165) is 19.0 Å². The summed E-state index contributed by atoms with van der Waals surface area (Å²) in [5.74, 6) is 1.40. The monoisotopic (exact) mass is 260 g/mol. The second-order valence-electron chi connectivity index (χ2n) is 6.58. The van der Waals surface area contributed by atoms with Crippen LogP contribution in [0.25, 0.3) is 0 Å². The van der Waals surface area contributed by atoms with Gasteiger partial charge in [0.15, 0.2) is 0 Å². The topological polar surface area (TPSA) is 29.3 Å². The summed E-state index contributed by atoms with van der Waals surface area (Å²) in [6, 6.07) is 9.46. The van der Waals surface area contributed by atoms with E-state index >= 15 is 0 Å². The smallest absolute Gasteiger partial charge is 0.0234 e. The maximum absolute atomic E-state index is 6.16. The van der Waals surface area contributed by atoms with E-state index in [0.29, 0.717) is 12.0 Å². The van der Waals surface area contributed by atoms with Crippen molar-refractivity contribution in [1.29, 1.82) is 0 Å².